The van der Waals surface area contributed by atoms with Crippen molar-refractivity contribution in [3.05, 3.63) is 34.9 Å². The van der Waals surface area contributed by atoms with E-state index in [0.717, 1.165) is 18.7 Å². The van der Waals surface area contributed by atoms with Crippen LogP contribution in [0.3, 0.4) is 0 Å². The molecule has 1 fully saturated rings. The molecule has 1 aromatic rings. The van der Waals surface area contributed by atoms with Gasteiger partial charge in [-0.25, -0.2) is 8.78 Å². The fraction of sp³-hybridized carbons (Fsp3) is 0.647. The normalized spacial score (nSPS) is 17.3. The number of thioether (sulfide) groups is 1. The molecule has 1 aliphatic carbocycles. The lowest BCUT2D eigenvalue weighted by Crippen LogP contribution is -2.26. The highest BCUT2D eigenvalue weighted by Gasteiger charge is 2.22. The predicted molar refractivity (Wildman–Crippen MR) is 86.8 cm³/mol. The molecule has 1 saturated carbocycles. The first-order valence-electron chi connectivity index (χ1n) is 7.93. The zero-order valence-corrected chi connectivity index (χ0v) is 13.7. The molecular weight excluding hydrogens is 288 g/mol. The molecule has 0 spiro atoms. The van der Waals surface area contributed by atoms with Crippen LogP contribution in [-0.2, 0) is 0 Å². The average molecular weight is 313 g/mol. The van der Waals surface area contributed by atoms with Gasteiger partial charge < -0.3 is 5.32 Å². The lowest BCUT2D eigenvalue weighted by atomic mass is 10.0. The molecule has 1 aromatic carbocycles. The number of hydrogen-bond acceptors (Lipinski definition) is 2. The van der Waals surface area contributed by atoms with E-state index in [-0.39, 0.29) is 6.04 Å². The molecule has 0 aliphatic heterocycles. The second-order valence-corrected chi connectivity index (χ2v) is 7.18. The van der Waals surface area contributed by atoms with Crippen LogP contribution in [0, 0.1) is 18.6 Å². The first-order chi connectivity index (χ1) is 10.1. The summed E-state index contributed by atoms with van der Waals surface area (Å²) in [6.45, 7) is 4.51. The standard InChI is InChI=1S/C17H25F2NS/c1-3-10-20-15(11-21-13-6-4-5-7-13)14-9-8-12(2)16(18)17(14)19/h8-9,13,15,20H,3-7,10-11H2,1-2H3. The van der Waals surface area contributed by atoms with Crippen molar-refractivity contribution in [2.45, 2.75) is 57.2 Å². The molecule has 0 radical (unpaired) electrons. The third kappa shape index (κ3) is 4.43. The van der Waals surface area contributed by atoms with Gasteiger partial charge in [0.25, 0.3) is 0 Å². The smallest absolute Gasteiger partial charge is 0.163 e. The van der Waals surface area contributed by atoms with Crippen LogP contribution in [0.25, 0.3) is 0 Å². The van der Waals surface area contributed by atoms with Crippen LogP contribution in [0.2, 0.25) is 0 Å². The molecule has 1 atom stereocenters. The number of aryl methyl sites for hydroxylation is 1. The maximum absolute atomic E-state index is 14.2. The van der Waals surface area contributed by atoms with E-state index in [1.807, 2.05) is 11.8 Å². The minimum absolute atomic E-state index is 0.106. The van der Waals surface area contributed by atoms with Crippen molar-refractivity contribution in [1.29, 1.82) is 0 Å². The van der Waals surface area contributed by atoms with Crippen molar-refractivity contribution >= 4 is 11.8 Å². The van der Waals surface area contributed by atoms with Crippen LogP contribution in [0.5, 0.6) is 0 Å². The van der Waals surface area contributed by atoms with E-state index in [2.05, 4.69) is 12.2 Å². The Hall–Kier alpha value is -0.610. The summed E-state index contributed by atoms with van der Waals surface area (Å²) < 4.78 is 28.0. The Morgan fingerprint density at radius 3 is 2.62 bits per heavy atom. The summed E-state index contributed by atoms with van der Waals surface area (Å²) in [5, 5.41) is 4.06. The molecule has 0 bridgehead atoms. The van der Waals surface area contributed by atoms with Crippen LogP contribution in [0.1, 0.15) is 56.2 Å². The minimum Gasteiger partial charge on any atom is -0.309 e. The van der Waals surface area contributed by atoms with Gasteiger partial charge in [-0.3, -0.25) is 0 Å². The van der Waals surface area contributed by atoms with Gasteiger partial charge in [0.1, 0.15) is 0 Å². The third-order valence-corrected chi connectivity index (χ3v) is 5.59. The van der Waals surface area contributed by atoms with Crippen LogP contribution < -0.4 is 5.32 Å². The van der Waals surface area contributed by atoms with E-state index in [9.17, 15) is 8.78 Å². The number of hydrogen-bond donors (Lipinski definition) is 1. The fourth-order valence-electron chi connectivity index (χ4n) is 2.79. The summed E-state index contributed by atoms with van der Waals surface area (Å²) in [7, 11) is 0. The Morgan fingerprint density at radius 2 is 1.95 bits per heavy atom. The quantitative estimate of drug-likeness (QED) is 0.761. The van der Waals surface area contributed by atoms with Crippen molar-refractivity contribution in [2.24, 2.45) is 0 Å². The SMILES string of the molecule is CCCNC(CSC1CCCC1)c1ccc(C)c(F)c1F. The average Bonchev–Trinajstić information content (AvgIpc) is 2.99. The summed E-state index contributed by atoms with van der Waals surface area (Å²) in [6.07, 6.45) is 6.11. The molecule has 118 valence electrons. The molecule has 1 aliphatic rings. The Bertz CT molecular complexity index is 458. The van der Waals surface area contributed by atoms with Gasteiger partial charge in [-0.15, -0.1) is 0 Å². The molecule has 0 amide bonds. The van der Waals surface area contributed by atoms with E-state index in [4.69, 9.17) is 0 Å². The summed E-state index contributed by atoms with van der Waals surface area (Å²) in [6, 6.07) is 3.30. The topological polar surface area (TPSA) is 12.0 Å². The molecule has 0 aromatic heterocycles. The zero-order valence-electron chi connectivity index (χ0n) is 12.9. The van der Waals surface area contributed by atoms with Crippen LogP contribution in [0.15, 0.2) is 12.1 Å². The third-order valence-electron chi connectivity index (χ3n) is 4.12. The molecule has 2 rings (SSSR count). The Balaban J connectivity index is 2.08. The number of benzene rings is 1. The molecule has 21 heavy (non-hydrogen) atoms. The highest BCUT2D eigenvalue weighted by Crippen LogP contribution is 2.33. The molecule has 4 heteroatoms. The molecule has 1 unspecified atom stereocenters. The van der Waals surface area contributed by atoms with Gasteiger partial charge in [-0.2, -0.15) is 11.8 Å². The van der Waals surface area contributed by atoms with E-state index in [1.165, 1.54) is 25.7 Å². The maximum atomic E-state index is 14.2. The van der Waals surface area contributed by atoms with E-state index in [1.54, 1.807) is 19.1 Å². The molecular formula is C17H25F2NS. The van der Waals surface area contributed by atoms with Gasteiger partial charge in [-0.1, -0.05) is 31.9 Å². The van der Waals surface area contributed by atoms with E-state index < -0.39 is 11.6 Å². The number of rotatable bonds is 7. The largest absolute Gasteiger partial charge is 0.309 e. The maximum Gasteiger partial charge on any atom is 0.163 e. The number of nitrogens with one attached hydrogen (secondary N) is 1. The van der Waals surface area contributed by atoms with Crippen molar-refractivity contribution in [1.82, 2.24) is 5.32 Å². The second kappa shape index (κ2) is 8.14. The molecule has 0 saturated heterocycles. The fourth-order valence-corrected chi connectivity index (χ4v) is 4.22. The van der Waals surface area contributed by atoms with E-state index in [0.29, 0.717) is 16.4 Å². The Morgan fingerprint density at radius 1 is 1.24 bits per heavy atom. The summed E-state index contributed by atoms with van der Waals surface area (Å²) in [5.41, 5.74) is 0.839. The van der Waals surface area contributed by atoms with Crippen LogP contribution >= 0.6 is 11.8 Å². The van der Waals surface area contributed by atoms with Gasteiger partial charge in [0, 0.05) is 22.6 Å². The first-order valence-corrected chi connectivity index (χ1v) is 8.97. The monoisotopic (exact) mass is 313 g/mol. The Kier molecular flexibility index (Phi) is 6.49. The zero-order chi connectivity index (χ0) is 15.2. The summed E-state index contributed by atoms with van der Waals surface area (Å²) >= 11 is 1.90. The van der Waals surface area contributed by atoms with Gasteiger partial charge in [0.2, 0.25) is 0 Å². The van der Waals surface area contributed by atoms with Crippen LogP contribution in [0.4, 0.5) is 8.78 Å². The van der Waals surface area contributed by atoms with E-state index >= 15 is 0 Å². The minimum atomic E-state index is -0.707. The number of halogens is 2. The lowest BCUT2D eigenvalue weighted by Gasteiger charge is -2.21. The molecule has 0 heterocycles. The highest BCUT2D eigenvalue weighted by molar-refractivity contribution is 7.99. The summed E-state index contributed by atoms with van der Waals surface area (Å²) in [4.78, 5) is 0. The van der Waals surface area contributed by atoms with Crippen molar-refractivity contribution in [2.75, 3.05) is 12.3 Å². The van der Waals surface area contributed by atoms with Gasteiger partial charge in [-0.05, 0) is 38.3 Å². The van der Waals surface area contributed by atoms with Gasteiger partial charge >= 0.3 is 0 Å². The summed E-state index contributed by atoms with van der Waals surface area (Å²) in [5.74, 6) is -0.582. The lowest BCUT2D eigenvalue weighted by molar-refractivity contribution is 0.471. The first kappa shape index (κ1) is 16.8. The van der Waals surface area contributed by atoms with Crippen molar-refractivity contribution in [3.8, 4) is 0 Å². The Labute approximate surface area is 130 Å². The predicted octanol–water partition coefficient (Wildman–Crippen LogP) is 4.99. The molecule has 1 N–H and O–H groups in total. The second-order valence-electron chi connectivity index (χ2n) is 5.85. The van der Waals surface area contributed by atoms with Gasteiger partial charge in [0.15, 0.2) is 11.6 Å². The van der Waals surface area contributed by atoms with Crippen molar-refractivity contribution < 1.29 is 8.78 Å². The highest BCUT2D eigenvalue weighted by atomic mass is 32.2. The molecule has 1 nitrogen and oxygen atoms in total. The van der Waals surface area contributed by atoms with Gasteiger partial charge in [0.05, 0.1) is 0 Å². The van der Waals surface area contributed by atoms with Crippen molar-refractivity contribution in [3.63, 3.8) is 0 Å². The van der Waals surface area contributed by atoms with Crippen LogP contribution in [-0.4, -0.2) is 17.5 Å².